The van der Waals surface area contributed by atoms with Gasteiger partial charge in [-0.25, -0.2) is 4.98 Å². The third kappa shape index (κ3) is 2.52. The molecule has 3 heteroatoms. The van der Waals surface area contributed by atoms with Crippen LogP contribution < -0.4 is 0 Å². The van der Waals surface area contributed by atoms with Crippen molar-refractivity contribution in [2.24, 2.45) is 0 Å². The van der Waals surface area contributed by atoms with Gasteiger partial charge in [0, 0.05) is 17.3 Å². The summed E-state index contributed by atoms with van der Waals surface area (Å²) in [6.45, 7) is 0. The second kappa shape index (κ2) is 6.22. The number of benzene rings is 3. The number of hydrogen-bond donors (Lipinski definition) is 0. The van der Waals surface area contributed by atoms with Crippen molar-refractivity contribution in [2.75, 3.05) is 0 Å². The summed E-state index contributed by atoms with van der Waals surface area (Å²) in [6, 6.07) is 29.6. The van der Waals surface area contributed by atoms with E-state index in [1.54, 1.807) is 0 Å². The summed E-state index contributed by atoms with van der Waals surface area (Å²) in [5, 5.41) is 1.99. The van der Waals surface area contributed by atoms with E-state index in [0.29, 0.717) is 11.4 Å². The van der Waals surface area contributed by atoms with Crippen molar-refractivity contribution in [3.8, 4) is 11.3 Å². The maximum absolute atomic E-state index is 13.4. The lowest BCUT2D eigenvalue weighted by molar-refractivity contribution is 0.103. The number of nitrogens with zero attached hydrogens (tertiary/aromatic N) is 2. The normalized spacial score (nSPS) is 11.1. The van der Waals surface area contributed by atoms with E-state index >= 15 is 0 Å². The van der Waals surface area contributed by atoms with Crippen LogP contribution in [-0.4, -0.2) is 15.2 Å². The molecule has 0 atom stereocenters. The van der Waals surface area contributed by atoms with Crippen molar-refractivity contribution in [1.82, 2.24) is 9.38 Å². The Kier molecular flexibility index (Phi) is 3.58. The highest BCUT2D eigenvalue weighted by Gasteiger charge is 2.20. The zero-order valence-electron chi connectivity index (χ0n) is 14.5. The number of imidazole rings is 1. The SMILES string of the molecule is O=C(c1cccc2ccccc12)c1nc(-c2ccccc2)c2ccccn12. The number of fused-ring (bicyclic) bond motifs is 2. The molecule has 3 aromatic carbocycles. The molecule has 5 aromatic rings. The fourth-order valence-electron chi connectivity index (χ4n) is 3.55. The van der Waals surface area contributed by atoms with E-state index in [4.69, 9.17) is 4.98 Å². The first-order chi connectivity index (χ1) is 13.3. The standard InChI is InChI=1S/C24H16N2O/c27-23(20-14-8-12-17-9-4-5-13-19(17)20)24-25-22(18-10-2-1-3-11-18)21-15-6-7-16-26(21)24/h1-16H. The van der Waals surface area contributed by atoms with Gasteiger partial charge in [0.05, 0.1) is 11.2 Å². The van der Waals surface area contributed by atoms with Gasteiger partial charge in [0.1, 0.15) is 0 Å². The number of hydrogen-bond acceptors (Lipinski definition) is 2. The fourth-order valence-corrected chi connectivity index (χ4v) is 3.55. The molecule has 0 radical (unpaired) electrons. The fraction of sp³-hybridized carbons (Fsp3) is 0. The van der Waals surface area contributed by atoms with E-state index in [2.05, 4.69) is 0 Å². The quantitative estimate of drug-likeness (QED) is 0.410. The van der Waals surface area contributed by atoms with E-state index in [9.17, 15) is 4.79 Å². The Balaban J connectivity index is 1.75. The van der Waals surface area contributed by atoms with Gasteiger partial charge in [-0.1, -0.05) is 78.9 Å². The molecule has 128 valence electrons. The van der Waals surface area contributed by atoms with E-state index < -0.39 is 0 Å². The molecule has 0 aliphatic carbocycles. The van der Waals surface area contributed by atoms with Crippen LogP contribution >= 0.6 is 0 Å². The van der Waals surface area contributed by atoms with Crippen LogP contribution in [0.4, 0.5) is 0 Å². The van der Waals surface area contributed by atoms with Crippen molar-refractivity contribution in [3.63, 3.8) is 0 Å². The summed E-state index contributed by atoms with van der Waals surface area (Å²) >= 11 is 0. The first-order valence-electron chi connectivity index (χ1n) is 8.88. The largest absolute Gasteiger partial charge is 0.296 e. The van der Waals surface area contributed by atoms with E-state index in [1.165, 1.54) is 0 Å². The molecule has 0 amide bonds. The molecule has 2 aromatic heterocycles. The third-order valence-electron chi connectivity index (χ3n) is 4.83. The van der Waals surface area contributed by atoms with Crippen molar-refractivity contribution in [1.29, 1.82) is 0 Å². The minimum absolute atomic E-state index is 0.0739. The van der Waals surface area contributed by atoms with Crippen LogP contribution in [0.15, 0.2) is 97.2 Å². The lowest BCUT2D eigenvalue weighted by Crippen LogP contribution is -2.07. The van der Waals surface area contributed by atoms with Gasteiger partial charge in [0.2, 0.25) is 5.78 Å². The highest BCUT2D eigenvalue weighted by atomic mass is 16.1. The molecule has 0 spiro atoms. The summed E-state index contributed by atoms with van der Waals surface area (Å²) < 4.78 is 1.88. The minimum Gasteiger partial charge on any atom is -0.296 e. The van der Waals surface area contributed by atoms with Crippen LogP contribution in [0.2, 0.25) is 0 Å². The zero-order valence-corrected chi connectivity index (χ0v) is 14.5. The number of ketones is 1. The first-order valence-corrected chi connectivity index (χ1v) is 8.88. The van der Waals surface area contributed by atoms with Gasteiger partial charge in [0.25, 0.3) is 0 Å². The molecular weight excluding hydrogens is 332 g/mol. The highest BCUT2D eigenvalue weighted by Crippen LogP contribution is 2.27. The van der Waals surface area contributed by atoms with E-state index in [0.717, 1.165) is 27.5 Å². The summed E-state index contributed by atoms with van der Waals surface area (Å²) in [5.74, 6) is 0.357. The van der Waals surface area contributed by atoms with Gasteiger partial charge in [0.15, 0.2) is 5.82 Å². The Morgan fingerprint density at radius 1 is 0.741 bits per heavy atom. The van der Waals surface area contributed by atoms with Crippen LogP contribution in [0, 0.1) is 0 Å². The molecule has 5 rings (SSSR count). The molecule has 3 nitrogen and oxygen atoms in total. The maximum Gasteiger partial charge on any atom is 0.229 e. The maximum atomic E-state index is 13.4. The molecule has 0 bridgehead atoms. The van der Waals surface area contributed by atoms with Gasteiger partial charge >= 0.3 is 0 Å². The van der Waals surface area contributed by atoms with Crippen LogP contribution in [-0.2, 0) is 0 Å². The predicted molar refractivity (Wildman–Crippen MR) is 108 cm³/mol. The number of carbonyl (C=O) groups excluding carboxylic acids is 1. The second-order valence-electron chi connectivity index (χ2n) is 6.46. The summed E-state index contributed by atoms with van der Waals surface area (Å²) in [7, 11) is 0. The Morgan fingerprint density at radius 3 is 2.37 bits per heavy atom. The van der Waals surface area contributed by atoms with Crippen LogP contribution in [0.3, 0.4) is 0 Å². The van der Waals surface area contributed by atoms with Gasteiger partial charge in [-0.3, -0.25) is 9.20 Å². The summed E-state index contributed by atoms with van der Waals surface area (Å²) in [5.41, 5.74) is 3.41. The summed E-state index contributed by atoms with van der Waals surface area (Å²) in [4.78, 5) is 18.2. The second-order valence-corrected chi connectivity index (χ2v) is 6.46. The molecule has 0 aliphatic heterocycles. The Labute approximate surface area is 156 Å². The first kappa shape index (κ1) is 15.5. The smallest absolute Gasteiger partial charge is 0.229 e. The van der Waals surface area contributed by atoms with Crippen LogP contribution in [0.25, 0.3) is 27.5 Å². The van der Waals surface area contributed by atoms with Crippen molar-refractivity contribution in [2.45, 2.75) is 0 Å². The van der Waals surface area contributed by atoms with Crippen molar-refractivity contribution >= 4 is 22.1 Å². The number of pyridine rings is 1. The van der Waals surface area contributed by atoms with Gasteiger partial charge in [-0.05, 0) is 22.9 Å². The number of rotatable bonds is 3. The van der Waals surface area contributed by atoms with E-state index in [1.807, 2.05) is 102 Å². The zero-order chi connectivity index (χ0) is 18.2. The van der Waals surface area contributed by atoms with Crippen molar-refractivity contribution in [3.05, 3.63) is 109 Å². The lowest BCUT2D eigenvalue weighted by atomic mass is 10.0. The molecular formula is C24H16N2O. The predicted octanol–water partition coefficient (Wildman–Crippen LogP) is 5.39. The molecule has 27 heavy (non-hydrogen) atoms. The number of carbonyl (C=O) groups is 1. The molecule has 2 heterocycles. The minimum atomic E-state index is -0.0739. The number of aromatic nitrogens is 2. The lowest BCUT2D eigenvalue weighted by Gasteiger charge is -2.05. The molecule has 0 saturated heterocycles. The van der Waals surface area contributed by atoms with Crippen LogP contribution in [0.5, 0.6) is 0 Å². The van der Waals surface area contributed by atoms with Crippen LogP contribution in [0.1, 0.15) is 16.2 Å². The average molecular weight is 348 g/mol. The summed E-state index contributed by atoms with van der Waals surface area (Å²) in [6.07, 6.45) is 1.90. The Hall–Kier alpha value is -3.72. The molecule has 0 saturated carbocycles. The van der Waals surface area contributed by atoms with Gasteiger partial charge in [-0.15, -0.1) is 0 Å². The monoisotopic (exact) mass is 348 g/mol. The Bertz CT molecular complexity index is 1280. The molecule has 0 fully saturated rings. The average Bonchev–Trinajstić information content (AvgIpc) is 3.13. The van der Waals surface area contributed by atoms with Crippen molar-refractivity contribution < 1.29 is 4.79 Å². The molecule has 0 aliphatic rings. The van der Waals surface area contributed by atoms with E-state index in [-0.39, 0.29) is 5.78 Å². The topological polar surface area (TPSA) is 34.4 Å². The Morgan fingerprint density at radius 2 is 1.48 bits per heavy atom. The molecule has 0 N–H and O–H groups in total. The molecule has 0 unspecified atom stereocenters. The third-order valence-corrected chi connectivity index (χ3v) is 4.83. The highest BCUT2D eigenvalue weighted by molar-refractivity contribution is 6.15. The van der Waals surface area contributed by atoms with Gasteiger partial charge in [-0.2, -0.15) is 0 Å². The van der Waals surface area contributed by atoms with Gasteiger partial charge < -0.3 is 0 Å².